The summed E-state index contributed by atoms with van der Waals surface area (Å²) in [7, 11) is 0. The lowest BCUT2D eigenvalue weighted by molar-refractivity contribution is -1.11. The molecule has 28 heavy (non-hydrogen) atoms. The van der Waals surface area contributed by atoms with Gasteiger partial charge in [-0.2, -0.15) is 0 Å². The molecule has 0 rings (SSSR count). The smallest absolute Gasteiger partial charge is 0.472 e. The van der Waals surface area contributed by atoms with Crippen LogP contribution in [0.25, 0.3) is 0 Å². The number of hydrogen-bond donors (Lipinski definition) is 0. The van der Waals surface area contributed by atoms with Gasteiger partial charge in [-0.25, -0.2) is 0 Å². The van der Waals surface area contributed by atoms with Crippen LogP contribution in [0.2, 0.25) is 0 Å². The maximum atomic E-state index is 13.1. The summed E-state index contributed by atoms with van der Waals surface area (Å²) in [5.74, 6) is 0. The van der Waals surface area contributed by atoms with Gasteiger partial charge in [-0.3, -0.25) is 20.2 Å². The van der Waals surface area contributed by atoms with Gasteiger partial charge in [0.05, 0.1) is 25.7 Å². The first-order chi connectivity index (χ1) is 13.2. The molecule has 0 unspecified atom stereocenters. The summed E-state index contributed by atoms with van der Waals surface area (Å²) < 4.78 is 0. The highest BCUT2D eigenvalue weighted by atomic mass is 16.7. The zero-order valence-electron chi connectivity index (χ0n) is 17.7. The molecule has 164 valence electrons. The second-order valence-corrected chi connectivity index (χ2v) is 7.44. The van der Waals surface area contributed by atoms with Crippen molar-refractivity contribution < 1.29 is 19.6 Å². The van der Waals surface area contributed by atoms with E-state index in [4.69, 9.17) is 0 Å². The lowest BCUT2D eigenvalue weighted by Crippen LogP contribution is -2.57. The van der Waals surface area contributed by atoms with E-state index in [0.29, 0.717) is 51.4 Å². The summed E-state index contributed by atoms with van der Waals surface area (Å²) in [4.78, 5) is 22.0. The zero-order valence-corrected chi connectivity index (χ0v) is 17.7. The largest absolute Gasteiger partial charge is 0.561 e. The molecule has 0 saturated carbocycles. The molecule has 0 fully saturated rings. The minimum atomic E-state index is -2.17. The molecule has 0 amide bonds. The van der Waals surface area contributed by atoms with Crippen molar-refractivity contribution in [3.63, 3.8) is 0 Å². The lowest BCUT2D eigenvalue weighted by Gasteiger charge is -2.25. The van der Waals surface area contributed by atoms with Gasteiger partial charge in [-0.15, -0.1) is 0 Å². The van der Waals surface area contributed by atoms with Crippen LogP contribution < -0.4 is 0 Å². The van der Waals surface area contributed by atoms with Gasteiger partial charge in [0.25, 0.3) is 0 Å². The molecule has 10 nitrogen and oxygen atoms in total. The summed E-state index contributed by atoms with van der Waals surface area (Å²) in [6, 6.07) is 0. The number of hydrogen-bond acceptors (Lipinski definition) is 6. The van der Waals surface area contributed by atoms with Gasteiger partial charge < -0.3 is 10.4 Å². The minimum Gasteiger partial charge on any atom is -0.561 e. The molecule has 0 N–H and O–H groups in total. The Bertz CT molecular complexity index is 476. The Morgan fingerprint density at radius 2 is 0.750 bits per heavy atom. The molecule has 0 spiro atoms. The Kier molecular flexibility index (Phi) is 11.6. The van der Waals surface area contributed by atoms with Gasteiger partial charge in [0.15, 0.2) is 0 Å². The highest BCUT2D eigenvalue weighted by molar-refractivity contribution is 4.69. The van der Waals surface area contributed by atoms with Crippen molar-refractivity contribution in [1.29, 1.82) is 0 Å². The number of nitrogens with zero attached hydrogens (tertiary/aromatic N) is 4. The third-order valence-corrected chi connectivity index (χ3v) is 5.28. The van der Waals surface area contributed by atoms with E-state index < -0.39 is 21.2 Å². The molecule has 0 aromatic rings. The maximum absolute atomic E-state index is 13.1. The van der Waals surface area contributed by atoms with Crippen LogP contribution in [0.1, 0.15) is 105 Å². The summed E-state index contributed by atoms with van der Waals surface area (Å²) in [6.45, 7) is 7.33. The highest BCUT2D eigenvalue weighted by Gasteiger charge is 2.63. The molecule has 0 bridgehead atoms. The SMILES string of the molecule is CCCCC(CCCC)([N+](=O)[O-])/[N+]([O-])=[N+](\[O-])C(CCCC)(CCCC)[N+](=O)[O-]. The molecule has 10 heteroatoms. The Balaban J connectivity index is 6.52. The molecular weight excluding hydrogens is 368 g/mol. The Hall–Kier alpha value is -2.00. The summed E-state index contributed by atoms with van der Waals surface area (Å²) in [5, 5.41) is 50.0. The van der Waals surface area contributed by atoms with Crippen LogP contribution in [0.15, 0.2) is 0 Å². The number of rotatable bonds is 16. The van der Waals surface area contributed by atoms with Crippen molar-refractivity contribution in [1.82, 2.24) is 0 Å². The van der Waals surface area contributed by atoms with E-state index in [-0.39, 0.29) is 35.4 Å². The second-order valence-electron chi connectivity index (χ2n) is 7.44. The Morgan fingerprint density at radius 3 is 0.893 bits per heavy atom. The molecule has 0 heterocycles. The predicted octanol–water partition coefficient (Wildman–Crippen LogP) is 5.17. The fraction of sp³-hybridized carbons (Fsp3) is 1.00. The molecule has 0 aromatic heterocycles. The van der Waals surface area contributed by atoms with E-state index in [1.54, 1.807) is 0 Å². The third-order valence-electron chi connectivity index (χ3n) is 5.28. The van der Waals surface area contributed by atoms with E-state index >= 15 is 0 Å². The van der Waals surface area contributed by atoms with Crippen molar-refractivity contribution in [2.75, 3.05) is 0 Å². The third kappa shape index (κ3) is 6.00. The van der Waals surface area contributed by atoms with Gasteiger partial charge >= 0.3 is 11.3 Å². The van der Waals surface area contributed by atoms with Crippen LogP contribution in [0.4, 0.5) is 0 Å². The molecule has 0 aliphatic carbocycles. The molecule has 0 saturated heterocycles. The molecule has 0 atom stereocenters. The zero-order chi connectivity index (χ0) is 21.8. The fourth-order valence-corrected chi connectivity index (χ4v) is 3.32. The highest BCUT2D eigenvalue weighted by Crippen LogP contribution is 2.31. The summed E-state index contributed by atoms with van der Waals surface area (Å²) >= 11 is 0. The first kappa shape index (κ1) is 26.0. The van der Waals surface area contributed by atoms with Crippen LogP contribution in [0, 0.1) is 30.6 Å². The first-order valence-electron chi connectivity index (χ1n) is 10.4. The van der Waals surface area contributed by atoms with E-state index in [1.165, 1.54) is 0 Å². The number of azo groups is 1. The lowest BCUT2D eigenvalue weighted by atomic mass is 9.96. The van der Waals surface area contributed by atoms with Gasteiger partial charge in [0.2, 0.25) is 0 Å². The van der Waals surface area contributed by atoms with Crippen LogP contribution in [0.3, 0.4) is 0 Å². The first-order valence-corrected chi connectivity index (χ1v) is 10.4. The quantitative estimate of drug-likeness (QED) is 0.114. The topological polar surface area (TPSA) is 138 Å². The van der Waals surface area contributed by atoms with Crippen molar-refractivity contribution in [3.8, 4) is 0 Å². The summed E-state index contributed by atoms with van der Waals surface area (Å²) in [5.41, 5.74) is -4.35. The predicted molar refractivity (Wildman–Crippen MR) is 105 cm³/mol. The van der Waals surface area contributed by atoms with Crippen LogP contribution in [-0.4, -0.2) is 30.9 Å². The van der Waals surface area contributed by atoms with Gasteiger partial charge in [-0.1, -0.05) is 53.4 Å². The number of nitro groups is 2. The van der Waals surface area contributed by atoms with Crippen molar-refractivity contribution in [2.45, 2.75) is 116 Å². The number of unbranched alkanes of at least 4 members (excludes halogenated alkanes) is 4. The molecular formula is C18H36N4O6. The average molecular weight is 405 g/mol. The van der Waals surface area contributed by atoms with Crippen molar-refractivity contribution in [3.05, 3.63) is 30.6 Å². The average Bonchev–Trinajstić information content (AvgIpc) is 2.67. The Labute approximate surface area is 167 Å². The standard InChI is InChI=1S/C18H36N4O6/c1-5-9-13-17(21(25)26,14-10-6-2)19(23)20(24)18(22(27)28,15-11-7-3)16-12-8-4/h5-16H2,1-4H3/b20-19+. The van der Waals surface area contributed by atoms with Crippen LogP contribution in [0.5, 0.6) is 0 Å². The molecule has 0 aliphatic rings. The van der Waals surface area contributed by atoms with Gasteiger partial charge in [0, 0.05) is 0 Å². The van der Waals surface area contributed by atoms with Crippen LogP contribution in [-0.2, 0) is 0 Å². The Morgan fingerprint density at radius 1 is 0.536 bits per heavy atom. The molecule has 0 aliphatic heterocycles. The molecule has 0 radical (unpaired) electrons. The van der Waals surface area contributed by atoms with E-state index in [9.17, 15) is 30.6 Å². The van der Waals surface area contributed by atoms with Crippen molar-refractivity contribution in [2.24, 2.45) is 0 Å². The monoisotopic (exact) mass is 404 g/mol. The van der Waals surface area contributed by atoms with Crippen LogP contribution >= 0.6 is 0 Å². The van der Waals surface area contributed by atoms with Crippen molar-refractivity contribution >= 4 is 0 Å². The van der Waals surface area contributed by atoms with E-state index in [2.05, 4.69) is 0 Å². The minimum absolute atomic E-state index is 0.117. The summed E-state index contributed by atoms with van der Waals surface area (Å²) in [6.07, 6.45) is 3.50. The fourth-order valence-electron chi connectivity index (χ4n) is 3.32. The van der Waals surface area contributed by atoms with E-state index in [0.717, 1.165) is 0 Å². The van der Waals surface area contributed by atoms with Gasteiger partial charge in [0.1, 0.15) is 19.6 Å². The van der Waals surface area contributed by atoms with E-state index in [1.807, 2.05) is 27.7 Å². The maximum Gasteiger partial charge on any atom is 0.472 e. The normalized spacial score (nSPS) is 13.3. The number of hydroxylamine groups is 2. The molecule has 0 aromatic carbocycles. The second kappa shape index (κ2) is 12.5. The van der Waals surface area contributed by atoms with Gasteiger partial charge in [-0.05, 0) is 25.7 Å².